The highest BCUT2D eigenvalue weighted by molar-refractivity contribution is 5.82. The molecule has 5 nitrogen and oxygen atoms in total. The van der Waals surface area contributed by atoms with Crippen molar-refractivity contribution in [3.05, 3.63) is 34.2 Å². The third kappa shape index (κ3) is 2.16. The van der Waals surface area contributed by atoms with Crippen molar-refractivity contribution in [2.45, 2.75) is 25.3 Å². The highest BCUT2D eigenvalue weighted by Gasteiger charge is 2.23. The minimum atomic E-state index is -0.0467. The van der Waals surface area contributed by atoms with Gasteiger partial charge in [0.15, 0.2) is 0 Å². The van der Waals surface area contributed by atoms with Crippen LogP contribution in [-0.4, -0.2) is 21.1 Å². The molecule has 1 aromatic heterocycles. The molecule has 3 rings (SSSR count). The van der Waals surface area contributed by atoms with E-state index in [0.29, 0.717) is 12.5 Å². The van der Waals surface area contributed by atoms with E-state index in [-0.39, 0.29) is 11.6 Å². The fourth-order valence-corrected chi connectivity index (χ4v) is 2.35. The Morgan fingerprint density at radius 2 is 1.95 bits per heavy atom. The van der Waals surface area contributed by atoms with Gasteiger partial charge in [-0.15, -0.1) is 0 Å². The van der Waals surface area contributed by atoms with Gasteiger partial charge < -0.3 is 5.32 Å². The van der Waals surface area contributed by atoms with Crippen LogP contribution in [0.3, 0.4) is 0 Å². The monoisotopic (exact) mass is 259 g/mol. The van der Waals surface area contributed by atoms with Crippen LogP contribution in [0.15, 0.2) is 23.0 Å². The second-order valence-electron chi connectivity index (χ2n) is 5.24. The van der Waals surface area contributed by atoms with Crippen molar-refractivity contribution in [3.8, 4) is 0 Å². The molecule has 0 unspecified atom stereocenters. The molecule has 0 radical (unpaired) electrons. The van der Waals surface area contributed by atoms with E-state index in [4.69, 9.17) is 0 Å². The second-order valence-corrected chi connectivity index (χ2v) is 5.24. The number of nitrogens with one attached hydrogen (secondary N) is 1. The lowest BCUT2D eigenvalue weighted by Gasteiger charge is -2.04. The Morgan fingerprint density at radius 3 is 2.63 bits per heavy atom. The largest absolute Gasteiger partial charge is 0.353 e. The van der Waals surface area contributed by atoms with Crippen molar-refractivity contribution in [1.82, 2.24) is 14.5 Å². The third-order valence-corrected chi connectivity index (χ3v) is 3.64. The van der Waals surface area contributed by atoms with Gasteiger partial charge >= 0.3 is 5.69 Å². The Bertz CT molecular complexity index is 707. The highest BCUT2D eigenvalue weighted by Crippen LogP contribution is 2.19. The standard InChI is InChI=1S/C14H17N3O2/c1-16-11-6-3-9(7-12(11)17(2)14(16)19)8-13(18)15-10-4-5-10/h3,6-7,10H,4-5,8H2,1-2H3,(H,15,18). The summed E-state index contributed by atoms with van der Waals surface area (Å²) in [5.41, 5.74) is 2.64. The molecule has 1 saturated carbocycles. The van der Waals surface area contributed by atoms with Crippen LogP contribution in [0.4, 0.5) is 0 Å². The van der Waals surface area contributed by atoms with E-state index < -0.39 is 0 Å². The predicted molar refractivity (Wildman–Crippen MR) is 73.0 cm³/mol. The Balaban J connectivity index is 1.90. The van der Waals surface area contributed by atoms with Crippen LogP contribution in [0.25, 0.3) is 11.0 Å². The summed E-state index contributed by atoms with van der Waals surface area (Å²) in [5.74, 6) is 0.0581. The quantitative estimate of drug-likeness (QED) is 0.882. The van der Waals surface area contributed by atoms with Gasteiger partial charge in [0.05, 0.1) is 17.5 Å². The first-order chi connectivity index (χ1) is 9.06. The number of hydrogen-bond acceptors (Lipinski definition) is 2. The minimum Gasteiger partial charge on any atom is -0.353 e. The summed E-state index contributed by atoms with van der Waals surface area (Å²) in [7, 11) is 3.50. The zero-order chi connectivity index (χ0) is 13.6. The number of amides is 1. The van der Waals surface area contributed by atoms with Crippen molar-refractivity contribution in [2.24, 2.45) is 14.1 Å². The molecule has 1 fully saturated rings. The first kappa shape index (κ1) is 12.0. The number of carbonyl (C=O) groups is 1. The van der Waals surface area contributed by atoms with Gasteiger partial charge in [0.1, 0.15) is 0 Å². The number of aromatic nitrogens is 2. The van der Waals surface area contributed by atoms with Gasteiger partial charge in [-0.3, -0.25) is 13.9 Å². The molecule has 1 N–H and O–H groups in total. The molecule has 0 aliphatic heterocycles. The Morgan fingerprint density at radius 1 is 1.26 bits per heavy atom. The molecule has 2 aromatic rings. The van der Waals surface area contributed by atoms with Gasteiger partial charge in [0.25, 0.3) is 0 Å². The van der Waals surface area contributed by atoms with E-state index in [0.717, 1.165) is 29.4 Å². The van der Waals surface area contributed by atoms with Crippen LogP contribution < -0.4 is 11.0 Å². The second kappa shape index (κ2) is 4.26. The molecule has 1 amide bonds. The summed E-state index contributed by atoms with van der Waals surface area (Å²) in [4.78, 5) is 23.6. The number of imidazole rings is 1. The van der Waals surface area contributed by atoms with Crippen molar-refractivity contribution < 1.29 is 4.79 Å². The van der Waals surface area contributed by atoms with E-state index in [2.05, 4.69) is 5.32 Å². The zero-order valence-corrected chi connectivity index (χ0v) is 11.1. The Kier molecular flexibility index (Phi) is 2.69. The average molecular weight is 259 g/mol. The fourth-order valence-electron chi connectivity index (χ4n) is 2.35. The first-order valence-electron chi connectivity index (χ1n) is 6.50. The fraction of sp³-hybridized carbons (Fsp3) is 0.429. The minimum absolute atomic E-state index is 0.0467. The molecular formula is C14H17N3O2. The molecule has 0 bridgehead atoms. The number of aryl methyl sites for hydroxylation is 2. The van der Waals surface area contributed by atoms with E-state index in [1.807, 2.05) is 18.2 Å². The number of fused-ring (bicyclic) bond motifs is 1. The number of hydrogen-bond donors (Lipinski definition) is 1. The SMILES string of the molecule is Cn1c(=O)n(C)c2cc(CC(=O)NC3CC3)ccc21. The number of nitrogens with zero attached hydrogens (tertiary/aromatic N) is 2. The van der Waals surface area contributed by atoms with Gasteiger partial charge in [-0.05, 0) is 30.5 Å². The van der Waals surface area contributed by atoms with Gasteiger partial charge in [0, 0.05) is 20.1 Å². The van der Waals surface area contributed by atoms with Gasteiger partial charge in [0.2, 0.25) is 5.91 Å². The maximum absolute atomic E-state index is 11.8. The Hall–Kier alpha value is -2.04. The van der Waals surface area contributed by atoms with E-state index in [1.54, 1.807) is 23.2 Å². The average Bonchev–Trinajstić information content (AvgIpc) is 3.16. The molecule has 0 saturated heterocycles. The summed E-state index contributed by atoms with van der Waals surface area (Å²) in [6.45, 7) is 0. The molecule has 1 heterocycles. The highest BCUT2D eigenvalue weighted by atomic mass is 16.2. The summed E-state index contributed by atoms with van der Waals surface area (Å²) in [6, 6.07) is 6.12. The maximum atomic E-state index is 11.8. The zero-order valence-electron chi connectivity index (χ0n) is 11.1. The summed E-state index contributed by atoms with van der Waals surface area (Å²) >= 11 is 0. The van der Waals surface area contributed by atoms with Crippen LogP contribution in [-0.2, 0) is 25.3 Å². The first-order valence-corrected chi connectivity index (χ1v) is 6.50. The van der Waals surface area contributed by atoms with Crippen molar-refractivity contribution >= 4 is 16.9 Å². The third-order valence-electron chi connectivity index (χ3n) is 3.64. The van der Waals surface area contributed by atoms with Gasteiger partial charge in [-0.25, -0.2) is 4.79 Å². The lowest BCUT2D eigenvalue weighted by atomic mass is 10.1. The molecular weight excluding hydrogens is 242 g/mol. The van der Waals surface area contributed by atoms with Crippen LogP contribution in [0, 0.1) is 0 Å². The summed E-state index contributed by atoms with van der Waals surface area (Å²) < 4.78 is 3.22. The molecule has 1 aliphatic carbocycles. The smallest absolute Gasteiger partial charge is 0.328 e. The predicted octanol–water partition coefficient (Wildman–Crippen LogP) is 0.698. The normalized spacial score (nSPS) is 14.8. The van der Waals surface area contributed by atoms with Crippen LogP contribution >= 0.6 is 0 Å². The number of carbonyl (C=O) groups excluding carboxylic acids is 1. The van der Waals surface area contributed by atoms with Crippen LogP contribution in [0.2, 0.25) is 0 Å². The lowest BCUT2D eigenvalue weighted by molar-refractivity contribution is -0.120. The molecule has 5 heteroatoms. The van der Waals surface area contributed by atoms with Crippen molar-refractivity contribution in [2.75, 3.05) is 0 Å². The summed E-state index contributed by atoms with van der Waals surface area (Å²) in [6.07, 6.45) is 2.56. The van der Waals surface area contributed by atoms with Gasteiger partial charge in [-0.1, -0.05) is 6.07 Å². The summed E-state index contributed by atoms with van der Waals surface area (Å²) in [5, 5.41) is 2.97. The number of rotatable bonds is 3. The molecule has 0 spiro atoms. The van der Waals surface area contributed by atoms with Gasteiger partial charge in [-0.2, -0.15) is 0 Å². The number of benzene rings is 1. The molecule has 100 valence electrons. The van der Waals surface area contributed by atoms with Crippen molar-refractivity contribution in [1.29, 1.82) is 0 Å². The van der Waals surface area contributed by atoms with Crippen LogP contribution in [0.1, 0.15) is 18.4 Å². The Labute approximate surface area is 110 Å². The molecule has 1 aliphatic rings. The van der Waals surface area contributed by atoms with E-state index in [9.17, 15) is 9.59 Å². The lowest BCUT2D eigenvalue weighted by Crippen LogP contribution is -2.26. The molecule has 19 heavy (non-hydrogen) atoms. The van der Waals surface area contributed by atoms with E-state index in [1.165, 1.54) is 0 Å². The molecule has 0 atom stereocenters. The van der Waals surface area contributed by atoms with Crippen molar-refractivity contribution in [3.63, 3.8) is 0 Å². The topological polar surface area (TPSA) is 56.0 Å². The maximum Gasteiger partial charge on any atom is 0.328 e. The molecule has 1 aromatic carbocycles. The van der Waals surface area contributed by atoms with E-state index >= 15 is 0 Å². The van der Waals surface area contributed by atoms with Crippen LogP contribution in [0.5, 0.6) is 0 Å².